The average molecular weight is 138 g/mol. The molecule has 0 aromatic heterocycles. The molecule has 0 atom stereocenters. The molecule has 0 fully saturated rings. The standard InChI is InChI=1S/C9H14O/c1-4-5-6-7-8(2)9(3)10/h4-5H,2,6-7H2,1,3H3/b5-4+. The van der Waals surface area contributed by atoms with Crippen molar-refractivity contribution in [2.75, 3.05) is 0 Å². The number of carbonyl (C=O) groups excluding carboxylic acids is 1. The lowest BCUT2D eigenvalue weighted by atomic mass is 10.1. The van der Waals surface area contributed by atoms with Gasteiger partial charge in [-0.05, 0) is 32.3 Å². The van der Waals surface area contributed by atoms with Crippen molar-refractivity contribution in [2.24, 2.45) is 0 Å². The first-order valence-corrected chi connectivity index (χ1v) is 3.48. The minimum atomic E-state index is 0.101. The van der Waals surface area contributed by atoms with Gasteiger partial charge >= 0.3 is 0 Å². The van der Waals surface area contributed by atoms with Crippen LogP contribution >= 0.6 is 0 Å². The van der Waals surface area contributed by atoms with Gasteiger partial charge in [0.15, 0.2) is 5.78 Å². The topological polar surface area (TPSA) is 17.1 Å². The molecule has 0 aromatic carbocycles. The van der Waals surface area contributed by atoms with Crippen LogP contribution in [0, 0.1) is 0 Å². The molecule has 0 heterocycles. The van der Waals surface area contributed by atoms with Gasteiger partial charge in [0.2, 0.25) is 0 Å². The Labute approximate surface area is 62.4 Å². The van der Waals surface area contributed by atoms with E-state index in [0.29, 0.717) is 0 Å². The van der Waals surface area contributed by atoms with Crippen LogP contribution in [-0.4, -0.2) is 5.78 Å². The second-order valence-electron chi connectivity index (χ2n) is 2.27. The monoisotopic (exact) mass is 138 g/mol. The maximum Gasteiger partial charge on any atom is 0.155 e. The molecule has 0 saturated carbocycles. The summed E-state index contributed by atoms with van der Waals surface area (Å²) in [6.45, 7) is 7.16. The van der Waals surface area contributed by atoms with Gasteiger partial charge in [-0.3, -0.25) is 4.79 Å². The number of ketones is 1. The van der Waals surface area contributed by atoms with Gasteiger partial charge in [-0.15, -0.1) is 0 Å². The molecule has 10 heavy (non-hydrogen) atoms. The van der Waals surface area contributed by atoms with Crippen molar-refractivity contribution in [1.29, 1.82) is 0 Å². The average Bonchev–Trinajstić information content (AvgIpc) is 1.88. The van der Waals surface area contributed by atoms with E-state index in [2.05, 4.69) is 6.58 Å². The number of hydrogen-bond acceptors (Lipinski definition) is 1. The normalized spacial score (nSPS) is 10.2. The van der Waals surface area contributed by atoms with Crippen LogP contribution in [0.2, 0.25) is 0 Å². The van der Waals surface area contributed by atoms with E-state index in [1.165, 1.54) is 0 Å². The lowest BCUT2D eigenvalue weighted by molar-refractivity contribution is -0.113. The first-order chi connectivity index (χ1) is 4.68. The molecule has 1 nitrogen and oxygen atoms in total. The Morgan fingerprint density at radius 1 is 1.60 bits per heavy atom. The van der Waals surface area contributed by atoms with E-state index in [0.717, 1.165) is 18.4 Å². The van der Waals surface area contributed by atoms with Crippen LogP contribution in [0.4, 0.5) is 0 Å². The fourth-order valence-electron chi connectivity index (χ4n) is 0.600. The molecule has 0 rings (SSSR count). The molecule has 0 bridgehead atoms. The van der Waals surface area contributed by atoms with Crippen molar-refractivity contribution in [3.05, 3.63) is 24.3 Å². The largest absolute Gasteiger partial charge is 0.295 e. The Morgan fingerprint density at radius 3 is 2.60 bits per heavy atom. The Morgan fingerprint density at radius 2 is 2.20 bits per heavy atom. The number of carbonyl (C=O) groups is 1. The Bertz CT molecular complexity index is 154. The van der Waals surface area contributed by atoms with Crippen molar-refractivity contribution < 1.29 is 4.79 Å². The summed E-state index contributed by atoms with van der Waals surface area (Å²) >= 11 is 0. The van der Waals surface area contributed by atoms with Crippen molar-refractivity contribution in [2.45, 2.75) is 26.7 Å². The van der Waals surface area contributed by atoms with Gasteiger partial charge in [0, 0.05) is 0 Å². The minimum Gasteiger partial charge on any atom is -0.295 e. The zero-order chi connectivity index (χ0) is 7.98. The van der Waals surface area contributed by atoms with E-state index in [1.807, 2.05) is 19.1 Å². The van der Waals surface area contributed by atoms with Crippen LogP contribution < -0.4 is 0 Å². The minimum absolute atomic E-state index is 0.101. The molecule has 56 valence electrons. The summed E-state index contributed by atoms with van der Waals surface area (Å²) in [5.41, 5.74) is 0.720. The summed E-state index contributed by atoms with van der Waals surface area (Å²) in [5, 5.41) is 0. The molecule has 0 N–H and O–H groups in total. The maximum atomic E-state index is 10.6. The van der Waals surface area contributed by atoms with Crippen LogP contribution in [-0.2, 0) is 4.79 Å². The van der Waals surface area contributed by atoms with Crippen molar-refractivity contribution in [3.63, 3.8) is 0 Å². The summed E-state index contributed by atoms with van der Waals surface area (Å²) < 4.78 is 0. The van der Waals surface area contributed by atoms with Gasteiger partial charge in [-0.1, -0.05) is 18.7 Å². The summed E-state index contributed by atoms with van der Waals surface area (Å²) in [6.07, 6.45) is 5.73. The molecule has 0 aromatic rings. The van der Waals surface area contributed by atoms with Crippen molar-refractivity contribution in [1.82, 2.24) is 0 Å². The van der Waals surface area contributed by atoms with Crippen molar-refractivity contribution in [3.8, 4) is 0 Å². The van der Waals surface area contributed by atoms with Crippen LogP contribution in [0.5, 0.6) is 0 Å². The van der Waals surface area contributed by atoms with Crippen molar-refractivity contribution >= 4 is 5.78 Å². The number of Topliss-reactive ketones (excluding diaryl/α,β-unsaturated/α-hetero) is 1. The van der Waals surface area contributed by atoms with Gasteiger partial charge < -0.3 is 0 Å². The van der Waals surface area contributed by atoms with E-state index in [-0.39, 0.29) is 5.78 Å². The Hall–Kier alpha value is -0.850. The van der Waals surface area contributed by atoms with E-state index in [4.69, 9.17) is 0 Å². The Kier molecular flexibility index (Phi) is 4.55. The quantitative estimate of drug-likeness (QED) is 0.431. The highest BCUT2D eigenvalue weighted by Crippen LogP contribution is 2.03. The highest BCUT2D eigenvalue weighted by Gasteiger charge is 1.96. The third kappa shape index (κ3) is 4.07. The van der Waals surface area contributed by atoms with Gasteiger partial charge in [0.05, 0.1) is 0 Å². The van der Waals surface area contributed by atoms with E-state index < -0.39 is 0 Å². The fraction of sp³-hybridized carbons (Fsp3) is 0.444. The van der Waals surface area contributed by atoms with Crippen LogP contribution in [0.1, 0.15) is 26.7 Å². The second kappa shape index (κ2) is 4.98. The highest BCUT2D eigenvalue weighted by atomic mass is 16.1. The molecular weight excluding hydrogens is 124 g/mol. The van der Waals surface area contributed by atoms with Gasteiger partial charge in [-0.2, -0.15) is 0 Å². The van der Waals surface area contributed by atoms with E-state index >= 15 is 0 Å². The molecule has 1 heteroatoms. The van der Waals surface area contributed by atoms with Gasteiger partial charge in [0.1, 0.15) is 0 Å². The predicted octanol–water partition coefficient (Wildman–Crippen LogP) is 2.49. The smallest absolute Gasteiger partial charge is 0.155 e. The third-order valence-electron chi connectivity index (χ3n) is 1.35. The van der Waals surface area contributed by atoms with Crippen LogP contribution in [0.3, 0.4) is 0 Å². The zero-order valence-corrected chi connectivity index (χ0v) is 6.68. The van der Waals surface area contributed by atoms with Gasteiger partial charge in [-0.25, -0.2) is 0 Å². The molecular formula is C9H14O. The first-order valence-electron chi connectivity index (χ1n) is 3.48. The molecule has 0 aliphatic heterocycles. The molecule has 0 aliphatic carbocycles. The van der Waals surface area contributed by atoms with Crippen LogP contribution in [0.25, 0.3) is 0 Å². The summed E-state index contributed by atoms with van der Waals surface area (Å²) in [5.74, 6) is 0.101. The zero-order valence-electron chi connectivity index (χ0n) is 6.68. The summed E-state index contributed by atoms with van der Waals surface area (Å²) in [6, 6.07) is 0. The number of allylic oxidation sites excluding steroid dienone is 3. The summed E-state index contributed by atoms with van der Waals surface area (Å²) in [7, 11) is 0. The molecule has 0 radical (unpaired) electrons. The molecule has 0 aliphatic rings. The highest BCUT2D eigenvalue weighted by molar-refractivity contribution is 5.92. The van der Waals surface area contributed by atoms with Crippen LogP contribution in [0.15, 0.2) is 24.3 Å². The maximum absolute atomic E-state index is 10.6. The second-order valence-corrected chi connectivity index (χ2v) is 2.27. The molecule has 0 amide bonds. The fourth-order valence-corrected chi connectivity index (χ4v) is 0.600. The van der Waals surface area contributed by atoms with Gasteiger partial charge in [0.25, 0.3) is 0 Å². The van der Waals surface area contributed by atoms with E-state index in [1.54, 1.807) is 6.92 Å². The number of rotatable bonds is 4. The first kappa shape index (κ1) is 9.15. The number of hydrogen-bond donors (Lipinski definition) is 0. The lowest BCUT2D eigenvalue weighted by Gasteiger charge is -1.95. The predicted molar refractivity (Wildman–Crippen MR) is 43.9 cm³/mol. The van der Waals surface area contributed by atoms with E-state index in [9.17, 15) is 4.79 Å². The molecule has 0 unspecified atom stereocenters. The SMILES string of the molecule is C=C(CC/C=C/C)C(C)=O. The summed E-state index contributed by atoms with van der Waals surface area (Å²) in [4.78, 5) is 10.6. The Balaban J connectivity index is 3.50. The molecule has 0 saturated heterocycles. The lowest BCUT2D eigenvalue weighted by Crippen LogP contribution is -1.93. The third-order valence-corrected chi connectivity index (χ3v) is 1.35. The molecule has 0 spiro atoms.